The number of hydrogen-bond acceptors (Lipinski definition) is 6. The van der Waals surface area contributed by atoms with E-state index in [1.54, 1.807) is 23.7 Å². The molecular weight excluding hydrogens is 340 g/mol. The van der Waals surface area contributed by atoms with Gasteiger partial charge in [-0.1, -0.05) is 23.9 Å². The van der Waals surface area contributed by atoms with Crippen LogP contribution in [0, 0.1) is 0 Å². The van der Waals surface area contributed by atoms with Crippen molar-refractivity contribution < 1.29 is 18.3 Å². The van der Waals surface area contributed by atoms with E-state index < -0.39 is 11.9 Å². The molecule has 24 heavy (non-hydrogen) atoms. The fourth-order valence-electron chi connectivity index (χ4n) is 1.80. The molecule has 7 nitrogen and oxygen atoms in total. The number of aromatic nitrogens is 4. The molecule has 1 unspecified atom stereocenters. The summed E-state index contributed by atoms with van der Waals surface area (Å²) in [6, 6.07) is 6.07. The first-order chi connectivity index (χ1) is 11.4. The second kappa shape index (κ2) is 8.04. The van der Waals surface area contributed by atoms with Crippen molar-refractivity contribution in [3.05, 3.63) is 24.3 Å². The topological polar surface area (TPSA) is 81.9 Å². The van der Waals surface area contributed by atoms with Crippen molar-refractivity contribution in [3.8, 4) is 5.75 Å². The number of carbonyl (C=O) groups excluding carboxylic acids is 1. The van der Waals surface area contributed by atoms with Gasteiger partial charge in [-0.05, 0) is 43.3 Å². The first kappa shape index (κ1) is 18.1. The largest absolute Gasteiger partial charge is 0.433 e. The van der Waals surface area contributed by atoms with Gasteiger partial charge in [0.05, 0.1) is 17.0 Å². The van der Waals surface area contributed by atoms with Crippen molar-refractivity contribution in [3.63, 3.8) is 0 Å². The predicted molar refractivity (Wildman–Crippen MR) is 85.2 cm³/mol. The lowest BCUT2D eigenvalue weighted by molar-refractivity contribution is -0.115. The summed E-state index contributed by atoms with van der Waals surface area (Å²) in [5, 5.41) is 13.9. The summed E-state index contributed by atoms with van der Waals surface area (Å²) < 4.78 is 30.8. The molecule has 130 valence electrons. The third kappa shape index (κ3) is 4.63. The number of hydrogen-bond donors (Lipinski definition) is 1. The number of tetrazole rings is 1. The van der Waals surface area contributed by atoms with Crippen LogP contribution >= 0.6 is 11.8 Å². The van der Waals surface area contributed by atoms with Crippen LogP contribution in [0.15, 0.2) is 29.4 Å². The number of nitrogens with one attached hydrogen (secondary N) is 1. The Labute approximate surface area is 141 Å². The van der Waals surface area contributed by atoms with E-state index in [1.807, 2.05) is 13.8 Å². The molecule has 0 saturated carbocycles. The molecule has 1 atom stereocenters. The maximum Gasteiger partial charge on any atom is 0.387 e. The van der Waals surface area contributed by atoms with E-state index in [4.69, 9.17) is 0 Å². The molecule has 1 N–H and O–H groups in total. The Hall–Kier alpha value is -2.23. The number of nitrogens with zero attached hydrogens (tertiary/aromatic N) is 4. The quantitative estimate of drug-likeness (QED) is 0.767. The molecule has 0 fully saturated rings. The maximum atomic E-state index is 12.4. The average molecular weight is 357 g/mol. The van der Waals surface area contributed by atoms with E-state index in [9.17, 15) is 13.6 Å². The molecule has 1 heterocycles. The maximum absolute atomic E-state index is 12.4. The van der Waals surface area contributed by atoms with E-state index in [0.717, 1.165) is 0 Å². The van der Waals surface area contributed by atoms with Crippen LogP contribution in [0.2, 0.25) is 0 Å². The number of benzene rings is 1. The highest BCUT2D eigenvalue weighted by molar-refractivity contribution is 8.00. The smallest absolute Gasteiger partial charge is 0.387 e. The second-order valence-electron chi connectivity index (χ2n) is 5.12. The number of carbonyl (C=O) groups is 1. The molecule has 0 radical (unpaired) electrons. The summed E-state index contributed by atoms with van der Waals surface area (Å²) in [5.74, 6) is -0.464. The molecule has 1 aromatic heterocycles. The van der Waals surface area contributed by atoms with Crippen molar-refractivity contribution in [2.75, 3.05) is 5.32 Å². The molecule has 0 bridgehead atoms. The van der Waals surface area contributed by atoms with Crippen LogP contribution in [-0.2, 0) is 4.79 Å². The van der Waals surface area contributed by atoms with E-state index in [1.165, 1.54) is 23.9 Å². The molecule has 1 aromatic carbocycles. The van der Waals surface area contributed by atoms with Crippen molar-refractivity contribution in [2.45, 2.75) is 43.8 Å². The molecule has 0 aliphatic rings. The van der Waals surface area contributed by atoms with Crippen molar-refractivity contribution >= 4 is 23.4 Å². The third-order valence-corrected chi connectivity index (χ3v) is 4.01. The van der Waals surface area contributed by atoms with Gasteiger partial charge in [0.15, 0.2) is 0 Å². The van der Waals surface area contributed by atoms with Gasteiger partial charge in [0.25, 0.3) is 0 Å². The molecular formula is C14H17F2N5O2S. The molecule has 1 amide bonds. The lowest BCUT2D eigenvalue weighted by Gasteiger charge is -2.15. The van der Waals surface area contributed by atoms with E-state index >= 15 is 0 Å². The highest BCUT2D eigenvalue weighted by Gasteiger charge is 2.21. The number of thioether (sulfide) groups is 1. The summed E-state index contributed by atoms with van der Waals surface area (Å²) in [6.45, 7) is 2.55. The number of halogens is 2. The van der Waals surface area contributed by atoms with Crippen molar-refractivity contribution in [1.82, 2.24) is 20.2 Å². The highest BCUT2D eigenvalue weighted by atomic mass is 32.2. The van der Waals surface area contributed by atoms with Gasteiger partial charge in [-0.25, -0.2) is 4.68 Å². The van der Waals surface area contributed by atoms with Gasteiger partial charge in [-0.2, -0.15) is 8.78 Å². The van der Waals surface area contributed by atoms with Crippen LogP contribution in [0.1, 0.15) is 26.8 Å². The summed E-state index contributed by atoms with van der Waals surface area (Å²) in [7, 11) is 0. The minimum absolute atomic E-state index is 0.0536. The number of anilines is 1. The molecule has 0 aliphatic heterocycles. The molecule has 2 rings (SSSR count). The predicted octanol–water partition coefficient (Wildman–Crippen LogP) is 2.97. The Morgan fingerprint density at radius 2 is 2.00 bits per heavy atom. The molecule has 10 heteroatoms. The minimum Gasteiger partial charge on any atom is -0.433 e. The van der Waals surface area contributed by atoms with Crippen molar-refractivity contribution in [1.29, 1.82) is 0 Å². The summed E-state index contributed by atoms with van der Waals surface area (Å²) in [6.07, 6.45) is 0. The zero-order chi connectivity index (χ0) is 17.7. The monoisotopic (exact) mass is 357 g/mol. The van der Waals surface area contributed by atoms with Crippen LogP contribution < -0.4 is 10.1 Å². The number of ether oxygens (including phenoxy) is 1. The van der Waals surface area contributed by atoms with E-state index in [2.05, 4.69) is 25.6 Å². The Balaban J connectivity index is 2.05. The number of amides is 1. The molecule has 2 aromatic rings. The minimum atomic E-state index is -2.97. The number of rotatable bonds is 7. The molecule has 0 aliphatic carbocycles. The lowest BCUT2D eigenvalue weighted by atomic mass is 10.3. The van der Waals surface area contributed by atoms with Crippen LogP contribution in [-0.4, -0.2) is 38.0 Å². The summed E-state index contributed by atoms with van der Waals surface area (Å²) in [4.78, 5) is 12.3. The van der Waals surface area contributed by atoms with Gasteiger partial charge in [-0.3, -0.25) is 4.79 Å². The fourth-order valence-corrected chi connectivity index (χ4v) is 2.72. The van der Waals surface area contributed by atoms with Crippen LogP contribution in [0.3, 0.4) is 0 Å². The Morgan fingerprint density at radius 3 is 2.67 bits per heavy atom. The van der Waals surface area contributed by atoms with Gasteiger partial charge in [0.2, 0.25) is 11.1 Å². The average Bonchev–Trinajstić information content (AvgIpc) is 2.97. The molecule has 0 spiro atoms. The van der Waals surface area contributed by atoms with E-state index in [0.29, 0.717) is 5.16 Å². The first-order valence-corrected chi connectivity index (χ1v) is 8.05. The molecule has 0 saturated heterocycles. The number of para-hydroxylation sites is 2. The van der Waals surface area contributed by atoms with Gasteiger partial charge >= 0.3 is 6.61 Å². The first-order valence-electron chi connectivity index (χ1n) is 7.17. The fraction of sp³-hybridized carbons (Fsp3) is 0.429. The van der Waals surface area contributed by atoms with Crippen LogP contribution in [0.5, 0.6) is 5.75 Å². The summed E-state index contributed by atoms with van der Waals surface area (Å²) in [5.41, 5.74) is 0.179. The standard InChI is InChI=1S/C14H17F2N5O2S/c1-8(2)21-14(18-19-20-21)24-9(3)12(22)17-10-6-4-5-7-11(10)23-13(15)16/h4-9,13H,1-3H3,(H,17,22). The van der Waals surface area contributed by atoms with Gasteiger partial charge < -0.3 is 10.1 Å². The van der Waals surface area contributed by atoms with E-state index in [-0.39, 0.29) is 23.4 Å². The van der Waals surface area contributed by atoms with Gasteiger partial charge in [0.1, 0.15) is 5.75 Å². The summed E-state index contributed by atoms with van der Waals surface area (Å²) >= 11 is 1.18. The Kier molecular flexibility index (Phi) is 6.07. The Bertz CT molecular complexity index is 695. The normalized spacial score (nSPS) is 12.5. The van der Waals surface area contributed by atoms with Gasteiger partial charge in [-0.15, -0.1) is 5.10 Å². The Morgan fingerprint density at radius 1 is 1.29 bits per heavy atom. The zero-order valence-electron chi connectivity index (χ0n) is 13.3. The zero-order valence-corrected chi connectivity index (χ0v) is 14.1. The lowest BCUT2D eigenvalue weighted by Crippen LogP contribution is -2.23. The van der Waals surface area contributed by atoms with Crippen LogP contribution in [0.4, 0.5) is 14.5 Å². The number of alkyl halides is 2. The SMILES string of the molecule is CC(Sc1nnnn1C(C)C)C(=O)Nc1ccccc1OC(F)F. The third-order valence-electron chi connectivity index (χ3n) is 2.96. The van der Waals surface area contributed by atoms with Gasteiger partial charge in [0, 0.05) is 0 Å². The van der Waals surface area contributed by atoms with Crippen molar-refractivity contribution in [2.24, 2.45) is 0 Å². The highest BCUT2D eigenvalue weighted by Crippen LogP contribution is 2.28. The van der Waals surface area contributed by atoms with Crippen LogP contribution in [0.25, 0.3) is 0 Å². The second-order valence-corrected chi connectivity index (χ2v) is 6.43.